The van der Waals surface area contributed by atoms with Gasteiger partial charge in [-0.15, -0.1) is 16.8 Å². The largest absolute Gasteiger partial charge is 0.416 e. The molecule has 1 aromatic carbocycles. The molecule has 144 valence electrons. The van der Waals surface area contributed by atoms with Crippen molar-refractivity contribution >= 4 is 23.4 Å². The lowest BCUT2D eigenvalue weighted by Gasteiger charge is -2.14. The molecule has 1 aliphatic carbocycles. The lowest BCUT2D eigenvalue weighted by atomic mass is 10.2. The first kappa shape index (κ1) is 19.5. The fourth-order valence-electron chi connectivity index (χ4n) is 2.56. The highest BCUT2D eigenvalue weighted by atomic mass is 32.2. The van der Waals surface area contributed by atoms with Crippen LogP contribution in [0.3, 0.4) is 0 Å². The third kappa shape index (κ3) is 4.71. The van der Waals surface area contributed by atoms with E-state index in [-0.39, 0.29) is 5.69 Å². The van der Waals surface area contributed by atoms with Gasteiger partial charge in [-0.3, -0.25) is 4.79 Å². The van der Waals surface area contributed by atoms with Crippen LogP contribution in [0.2, 0.25) is 0 Å². The average Bonchev–Trinajstić information content (AvgIpc) is 3.38. The molecule has 1 heterocycles. The van der Waals surface area contributed by atoms with E-state index in [1.165, 1.54) is 23.9 Å². The number of nitrogens with one attached hydrogen (secondary N) is 1. The molecule has 0 spiro atoms. The van der Waals surface area contributed by atoms with Crippen molar-refractivity contribution in [3.8, 4) is 0 Å². The molecule has 1 amide bonds. The molecule has 0 radical (unpaired) electrons. The van der Waals surface area contributed by atoms with Gasteiger partial charge < -0.3 is 9.88 Å². The third-order valence-corrected chi connectivity index (χ3v) is 5.19. The summed E-state index contributed by atoms with van der Waals surface area (Å²) in [5.74, 6) is 0.893. The molecule has 9 heteroatoms. The minimum Gasteiger partial charge on any atom is -0.325 e. The third-order valence-electron chi connectivity index (χ3n) is 4.11. The summed E-state index contributed by atoms with van der Waals surface area (Å²) in [4.78, 5) is 12.4. The van der Waals surface area contributed by atoms with Crippen LogP contribution in [0.15, 0.2) is 42.1 Å². The Hall–Kier alpha value is -2.29. The van der Waals surface area contributed by atoms with Crippen LogP contribution in [0.25, 0.3) is 0 Å². The summed E-state index contributed by atoms with van der Waals surface area (Å²) in [5, 5.41) is 11.0. The molecule has 1 atom stereocenters. The summed E-state index contributed by atoms with van der Waals surface area (Å²) in [6.07, 6.45) is -0.564. The Morgan fingerprint density at radius 3 is 2.81 bits per heavy atom. The number of hydrogen-bond donors (Lipinski definition) is 1. The van der Waals surface area contributed by atoms with E-state index in [4.69, 9.17) is 0 Å². The highest BCUT2D eigenvalue weighted by Gasteiger charge is 2.32. The Kier molecular flexibility index (Phi) is 5.59. The van der Waals surface area contributed by atoms with E-state index >= 15 is 0 Å². The molecule has 0 saturated heterocycles. The number of aromatic nitrogens is 3. The van der Waals surface area contributed by atoms with Crippen LogP contribution in [-0.2, 0) is 17.5 Å². The molecule has 27 heavy (non-hydrogen) atoms. The van der Waals surface area contributed by atoms with Gasteiger partial charge in [-0.25, -0.2) is 0 Å². The summed E-state index contributed by atoms with van der Waals surface area (Å²) in [6, 6.07) is 4.57. The maximum atomic E-state index is 12.8. The van der Waals surface area contributed by atoms with Crippen molar-refractivity contribution < 1.29 is 18.0 Å². The second-order valence-corrected chi connectivity index (χ2v) is 7.65. The van der Waals surface area contributed by atoms with Crippen molar-refractivity contribution in [2.75, 3.05) is 5.32 Å². The molecule has 1 N–H and O–H groups in total. The molecule has 1 saturated carbocycles. The zero-order valence-electron chi connectivity index (χ0n) is 14.7. The van der Waals surface area contributed by atoms with Gasteiger partial charge in [0.1, 0.15) is 5.82 Å². The number of benzene rings is 1. The number of rotatable bonds is 7. The summed E-state index contributed by atoms with van der Waals surface area (Å²) in [7, 11) is 0. The summed E-state index contributed by atoms with van der Waals surface area (Å²) >= 11 is 1.22. The summed E-state index contributed by atoms with van der Waals surface area (Å²) in [5.41, 5.74) is -0.700. The Bertz CT molecular complexity index is 845. The Labute approximate surface area is 159 Å². The Balaban J connectivity index is 1.69. The van der Waals surface area contributed by atoms with Crippen LogP contribution in [0.1, 0.15) is 37.1 Å². The monoisotopic (exact) mass is 396 g/mol. The molecular weight excluding hydrogens is 377 g/mol. The van der Waals surface area contributed by atoms with E-state index in [1.807, 2.05) is 4.57 Å². The van der Waals surface area contributed by atoms with E-state index in [0.29, 0.717) is 17.6 Å². The summed E-state index contributed by atoms with van der Waals surface area (Å²) < 4.78 is 40.3. The minimum atomic E-state index is -4.46. The lowest BCUT2D eigenvalue weighted by molar-refractivity contribution is -0.137. The van der Waals surface area contributed by atoms with Gasteiger partial charge in [-0.2, -0.15) is 13.2 Å². The van der Waals surface area contributed by atoms with E-state index in [2.05, 4.69) is 22.1 Å². The number of nitrogens with zero attached hydrogens (tertiary/aromatic N) is 3. The van der Waals surface area contributed by atoms with Gasteiger partial charge in [0.05, 0.1) is 10.8 Å². The molecule has 3 rings (SSSR count). The second kappa shape index (κ2) is 7.75. The zero-order chi connectivity index (χ0) is 19.6. The van der Waals surface area contributed by atoms with Gasteiger partial charge in [0.25, 0.3) is 0 Å². The van der Waals surface area contributed by atoms with Gasteiger partial charge in [-0.05, 0) is 38.0 Å². The molecule has 2 aromatic rings. The van der Waals surface area contributed by atoms with E-state index in [9.17, 15) is 18.0 Å². The van der Waals surface area contributed by atoms with Crippen LogP contribution in [0.5, 0.6) is 0 Å². The normalized spacial score (nSPS) is 15.4. The molecule has 5 nitrogen and oxygen atoms in total. The number of halogens is 3. The molecule has 0 aliphatic heterocycles. The minimum absolute atomic E-state index is 0.105. The zero-order valence-corrected chi connectivity index (χ0v) is 15.5. The Morgan fingerprint density at radius 2 is 2.19 bits per heavy atom. The molecular formula is C18H19F3N4OS. The molecule has 1 aromatic heterocycles. The van der Waals surface area contributed by atoms with Crippen LogP contribution in [0.4, 0.5) is 18.9 Å². The van der Waals surface area contributed by atoms with Crippen molar-refractivity contribution in [3.05, 3.63) is 48.3 Å². The van der Waals surface area contributed by atoms with Crippen molar-refractivity contribution in [1.82, 2.24) is 14.8 Å². The maximum Gasteiger partial charge on any atom is 0.416 e. The summed E-state index contributed by atoms with van der Waals surface area (Å²) in [6.45, 7) is 5.96. The number of alkyl halides is 3. The number of amides is 1. The molecule has 1 fully saturated rings. The van der Waals surface area contributed by atoms with Gasteiger partial charge >= 0.3 is 6.18 Å². The van der Waals surface area contributed by atoms with Crippen LogP contribution in [-0.4, -0.2) is 25.9 Å². The second-order valence-electron chi connectivity index (χ2n) is 6.34. The predicted octanol–water partition coefficient (Wildman–Crippen LogP) is 4.48. The van der Waals surface area contributed by atoms with E-state index in [0.717, 1.165) is 30.8 Å². The SMILES string of the molecule is C=CCn1c(S[C@H](C)C(=O)Nc2cccc(C(F)(F)F)c2)nnc1C1CC1. The fraction of sp³-hybridized carbons (Fsp3) is 0.389. The number of allylic oxidation sites excluding steroid dienone is 1. The number of thioether (sulfide) groups is 1. The first-order valence-electron chi connectivity index (χ1n) is 8.48. The first-order chi connectivity index (χ1) is 12.8. The average molecular weight is 396 g/mol. The Morgan fingerprint density at radius 1 is 1.44 bits per heavy atom. The van der Waals surface area contributed by atoms with Crippen molar-refractivity contribution in [2.24, 2.45) is 0 Å². The van der Waals surface area contributed by atoms with Crippen LogP contribution < -0.4 is 5.32 Å². The number of anilines is 1. The van der Waals surface area contributed by atoms with Crippen molar-refractivity contribution in [2.45, 2.75) is 48.8 Å². The quantitative estimate of drug-likeness (QED) is 0.554. The number of carbonyl (C=O) groups excluding carboxylic acids is 1. The van der Waals surface area contributed by atoms with Crippen LogP contribution >= 0.6 is 11.8 Å². The number of hydrogen-bond acceptors (Lipinski definition) is 4. The molecule has 0 unspecified atom stereocenters. The first-order valence-corrected chi connectivity index (χ1v) is 9.36. The topological polar surface area (TPSA) is 59.8 Å². The predicted molar refractivity (Wildman–Crippen MR) is 97.6 cm³/mol. The van der Waals surface area contributed by atoms with Gasteiger partial charge in [0.15, 0.2) is 5.16 Å². The molecule has 1 aliphatic rings. The van der Waals surface area contributed by atoms with Crippen LogP contribution in [0, 0.1) is 0 Å². The standard InChI is InChI=1S/C18H19F3N4OS/c1-3-9-25-15(12-7-8-12)23-24-17(25)27-11(2)16(26)22-14-6-4-5-13(10-14)18(19,20)21/h3-6,10-12H,1,7-9H2,2H3,(H,22,26)/t11-/m1/s1. The highest BCUT2D eigenvalue weighted by Crippen LogP contribution is 2.40. The lowest BCUT2D eigenvalue weighted by Crippen LogP contribution is -2.23. The molecule has 0 bridgehead atoms. The van der Waals surface area contributed by atoms with Crippen molar-refractivity contribution in [1.29, 1.82) is 0 Å². The van der Waals surface area contributed by atoms with Crippen molar-refractivity contribution in [3.63, 3.8) is 0 Å². The maximum absolute atomic E-state index is 12.8. The fourth-order valence-corrected chi connectivity index (χ4v) is 3.43. The van der Waals surface area contributed by atoms with Gasteiger partial charge in [0, 0.05) is 18.2 Å². The van der Waals surface area contributed by atoms with Gasteiger partial charge in [-0.1, -0.05) is 23.9 Å². The van der Waals surface area contributed by atoms with E-state index in [1.54, 1.807) is 13.0 Å². The number of carbonyl (C=O) groups is 1. The van der Waals surface area contributed by atoms with Gasteiger partial charge in [0.2, 0.25) is 5.91 Å². The smallest absolute Gasteiger partial charge is 0.325 e. The highest BCUT2D eigenvalue weighted by molar-refractivity contribution is 8.00. The van der Waals surface area contributed by atoms with E-state index < -0.39 is 22.9 Å².